The molecule has 0 saturated heterocycles. The SMILES string of the molecule is Cc1cc(-c2ccccc2)cc(C)c1N(c1ccc2c(c1)C(C)(C)c1ccccc1-2)c1ccc2c(c1)C1(c3ccccc3-2)c2ccccc2[Si](C)(C)c2ccccc21. The van der Waals surface area contributed by atoms with Crippen molar-refractivity contribution in [1.82, 2.24) is 0 Å². The van der Waals surface area contributed by atoms with Gasteiger partial charge < -0.3 is 4.90 Å². The zero-order chi connectivity index (χ0) is 39.6. The summed E-state index contributed by atoms with van der Waals surface area (Å²) in [6.45, 7) is 14.4. The van der Waals surface area contributed by atoms with E-state index in [4.69, 9.17) is 0 Å². The van der Waals surface area contributed by atoms with Crippen LogP contribution in [0, 0.1) is 13.8 Å². The number of rotatable bonds is 4. The van der Waals surface area contributed by atoms with Crippen molar-refractivity contribution < 1.29 is 0 Å². The van der Waals surface area contributed by atoms with Gasteiger partial charge in [0.15, 0.2) is 0 Å². The lowest BCUT2D eigenvalue weighted by atomic mass is 9.67. The lowest BCUT2D eigenvalue weighted by Gasteiger charge is -2.46. The molecule has 0 atom stereocenters. The van der Waals surface area contributed by atoms with E-state index < -0.39 is 13.5 Å². The summed E-state index contributed by atoms with van der Waals surface area (Å²) in [5, 5.41) is 3.06. The van der Waals surface area contributed by atoms with Crippen molar-refractivity contribution in [1.29, 1.82) is 0 Å². The fourth-order valence-electron chi connectivity index (χ4n) is 11.3. The second kappa shape index (κ2) is 12.4. The van der Waals surface area contributed by atoms with E-state index in [0.29, 0.717) is 0 Å². The first kappa shape index (κ1) is 35.0. The summed E-state index contributed by atoms with van der Waals surface area (Å²) in [7, 11) is -2.02. The van der Waals surface area contributed by atoms with E-state index in [9.17, 15) is 0 Å². The number of benzene rings is 8. The van der Waals surface area contributed by atoms with Gasteiger partial charge >= 0.3 is 0 Å². The zero-order valence-corrected chi connectivity index (χ0v) is 35.2. The van der Waals surface area contributed by atoms with Crippen molar-refractivity contribution in [3.8, 4) is 33.4 Å². The van der Waals surface area contributed by atoms with Crippen molar-refractivity contribution in [2.45, 2.75) is 51.6 Å². The van der Waals surface area contributed by atoms with Crippen LogP contribution < -0.4 is 15.3 Å². The van der Waals surface area contributed by atoms with Crippen molar-refractivity contribution in [3.63, 3.8) is 0 Å². The lowest BCUT2D eigenvalue weighted by molar-refractivity contribution is 0.660. The van der Waals surface area contributed by atoms with Crippen LogP contribution >= 0.6 is 0 Å². The van der Waals surface area contributed by atoms with Gasteiger partial charge in [0.1, 0.15) is 8.07 Å². The Labute approximate surface area is 344 Å². The monoisotopic (exact) mass is 761 g/mol. The summed E-state index contributed by atoms with van der Waals surface area (Å²) >= 11 is 0. The molecular formula is C56H47NSi. The van der Waals surface area contributed by atoms with E-state index in [1.54, 1.807) is 0 Å². The van der Waals surface area contributed by atoms with E-state index in [1.165, 1.54) is 105 Å². The molecule has 0 fully saturated rings. The van der Waals surface area contributed by atoms with E-state index in [2.05, 4.69) is 222 Å². The number of nitrogens with zero attached hydrogens (tertiary/aromatic N) is 1. The third-order valence-electron chi connectivity index (χ3n) is 13.9. The maximum Gasteiger partial charge on any atom is 0.113 e. The minimum absolute atomic E-state index is 0.120. The van der Waals surface area contributed by atoms with Crippen LogP contribution in [0.2, 0.25) is 13.1 Å². The van der Waals surface area contributed by atoms with Crippen LogP contribution in [0.15, 0.2) is 176 Å². The molecule has 11 rings (SSSR count). The normalized spacial score (nSPS) is 15.5. The topological polar surface area (TPSA) is 3.24 Å². The summed E-state index contributed by atoms with van der Waals surface area (Å²) in [6.07, 6.45) is 0. The molecule has 0 unspecified atom stereocenters. The van der Waals surface area contributed by atoms with E-state index >= 15 is 0 Å². The molecule has 280 valence electrons. The Morgan fingerprint density at radius 1 is 0.397 bits per heavy atom. The van der Waals surface area contributed by atoms with Gasteiger partial charge in [0.05, 0.1) is 11.1 Å². The second-order valence-electron chi connectivity index (χ2n) is 17.8. The smallest absolute Gasteiger partial charge is 0.113 e. The van der Waals surface area contributed by atoms with Gasteiger partial charge in [-0.25, -0.2) is 0 Å². The Hall–Kier alpha value is -6.22. The molecule has 1 aliphatic heterocycles. The molecule has 1 spiro atoms. The molecule has 0 bridgehead atoms. The highest BCUT2D eigenvalue weighted by Crippen LogP contribution is 2.59. The highest BCUT2D eigenvalue weighted by Gasteiger charge is 2.54. The van der Waals surface area contributed by atoms with Crippen LogP contribution in [0.1, 0.15) is 58.4 Å². The molecule has 8 aromatic carbocycles. The molecule has 2 heteroatoms. The fourth-order valence-corrected chi connectivity index (χ4v) is 14.5. The Balaban J connectivity index is 1.20. The minimum atomic E-state index is -2.02. The summed E-state index contributed by atoms with van der Waals surface area (Å²) in [5.41, 5.74) is 21.8. The number of hydrogen-bond donors (Lipinski definition) is 0. The van der Waals surface area contributed by atoms with Gasteiger partial charge in [-0.15, -0.1) is 0 Å². The van der Waals surface area contributed by atoms with Gasteiger partial charge in [0, 0.05) is 16.8 Å². The van der Waals surface area contributed by atoms with E-state index in [1.807, 2.05) is 0 Å². The molecule has 0 radical (unpaired) electrons. The Morgan fingerprint density at radius 3 is 1.45 bits per heavy atom. The van der Waals surface area contributed by atoms with Crippen molar-refractivity contribution in [2.75, 3.05) is 4.90 Å². The first-order valence-corrected chi connectivity index (χ1v) is 23.8. The standard InChI is InChI=1S/C56H47NSi/c1-36-32-39(38-18-8-7-9-19-38)33-37(2)54(36)57(40-28-30-44-42-20-10-12-22-46(42)55(3,4)50(44)34-40)41-29-31-45-43-21-11-13-23-47(43)56(51(45)35-41)48-24-14-16-26-52(48)58(5,6)53-27-17-15-25-49(53)56/h7-35H,1-6H3. The van der Waals surface area contributed by atoms with Crippen molar-refractivity contribution in [2.24, 2.45) is 0 Å². The number of fused-ring (bicyclic) bond motifs is 12. The molecule has 0 N–H and O–H groups in total. The summed E-state index contributed by atoms with van der Waals surface area (Å²) in [6, 6.07) is 67.1. The molecular weight excluding hydrogens is 715 g/mol. The molecule has 3 aliphatic rings. The van der Waals surface area contributed by atoms with Crippen LogP contribution in [-0.2, 0) is 10.8 Å². The third-order valence-corrected chi connectivity index (χ3v) is 17.5. The van der Waals surface area contributed by atoms with Gasteiger partial charge in [-0.2, -0.15) is 0 Å². The second-order valence-corrected chi connectivity index (χ2v) is 22.1. The van der Waals surface area contributed by atoms with Gasteiger partial charge in [0.2, 0.25) is 0 Å². The predicted octanol–water partition coefficient (Wildman–Crippen LogP) is 13.2. The van der Waals surface area contributed by atoms with Gasteiger partial charge in [0.25, 0.3) is 0 Å². The summed E-state index contributed by atoms with van der Waals surface area (Å²) in [4.78, 5) is 2.56. The van der Waals surface area contributed by atoms with Gasteiger partial charge in [-0.3, -0.25) is 0 Å². The highest BCUT2D eigenvalue weighted by molar-refractivity contribution is 7.01. The zero-order valence-electron chi connectivity index (χ0n) is 34.2. The van der Waals surface area contributed by atoms with Crippen molar-refractivity contribution in [3.05, 3.63) is 220 Å². The first-order valence-electron chi connectivity index (χ1n) is 20.8. The lowest BCUT2D eigenvalue weighted by Crippen LogP contribution is -2.63. The molecule has 2 aliphatic carbocycles. The molecule has 0 aromatic heterocycles. The average Bonchev–Trinajstić information content (AvgIpc) is 3.67. The minimum Gasteiger partial charge on any atom is -0.310 e. The number of aryl methyl sites for hydroxylation is 2. The quantitative estimate of drug-likeness (QED) is 0.161. The number of hydrogen-bond acceptors (Lipinski definition) is 1. The molecule has 0 amide bonds. The van der Waals surface area contributed by atoms with Crippen LogP contribution in [0.4, 0.5) is 17.1 Å². The third kappa shape index (κ3) is 4.64. The predicted molar refractivity (Wildman–Crippen MR) is 248 cm³/mol. The largest absolute Gasteiger partial charge is 0.310 e. The Morgan fingerprint density at radius 2 is 0.845 bits per heavy atom. The maximum absolute atomic E-state index is 2.56. The van der Waals surface area contributed by atoms with Gasteiger partial charge in [-0.05, 0) is 139 Å². The van der Waals surface area contributed by atoms with Crippen molar-refractivity contribution >= 4 is 35.5 Å². The van der Waals surface area contributed by atoms with Crippen LogP contribution in [0.3, 0.4) is 0 Å². The van der Waals surface area contributed by atoms with Crippen LogP contribution in [0.25, 0.3) is 33.4 Å². The Bertz CT molecular complexity index is 2910. The highest BCUT2D eigenvalue weighted by atomic mass is 28.3. The summed E-state index contributed by atoms with van der Waals surface area (Å²) in [5.74, 6) is 0. The molecule has 1 nitrogen and oxygen atoms in total. The maximum atomic E-state index is 2.56. The molecule has 1 heterocycles. The molecule has 8 aromatic rings. The fraction of sp³-hybridized carbons (Fsp3) is 0.143. The Kier molecular flexibility index (Phi) is 7.47. The first-order chi connectivity index (χ1) is 28.1. The number of anilines is 3. The summed E-state index contributed by atoms with van der Waals surface area (Å²) < 4.78 is 0. The van der Waals surface area contributed by atoms with E-state index in [0.717, 1.165) is 0 Å². The molecule has 58 heavy (non-hydrogen) atoms. The molecule has 0 saturated carbocycles. The van der Waals surface area contributed by atoms with Crippen LogP contribution in [-0.4, -0.2) is 8.07 Å². The average molecular weight is 762 g/mol. The van der Waals surface area contributed by atoms with Gasteiger partial charge in [-0.1, -0.05) is 166 Å². The van der Waals surface area contributed by atoms with Crippen LogP contribution in [0.5, 0.6) is 0 Å². The van der Waals surface area contributed by atoms with E-state index in [-0.39, 0.29) is 5.41 Å².